The number of furan rings is 1. The largest absolute Gasteiger partial charge is 0.464 e. The van der Waals surface area contributed by atoms with Gasteiger partial charge in [-0.3, -0.25) is 29.4 Å². The second kappa shape index (κ2) is 9.48. The van der Waals surface area contributed by atoms with Gasteiger partial charge in [-0.1, -0.05) is 13.8 Å². The van der Waals surface area contributed by atoms with Crippen LogP contribution in [0.1, 0.15) is 19.6 Å². The lowest BCUT2D eigenvalue weighted by Crippen LogP contribution is -2.34. The van der Waals surface area contributed by atoms with Gasteiger partial charge in [0.25, 0.3) is 16.8 Å². The van der Waals surface area contributed by atoms with Crippen LogP contribution in [-0.2, 0) is 14.3 Å². The molecule has 0 atom stereocenters. The number of carbonyl (C=O) groups excluding carboxylic acids is 3. The highest BCUT2D eigenvalue weighted by Crippen LogP contribution is 2.35. The Hall–Kier alpha value is -2.92. The molecule has 1 fully saturated rings. The first-order chi connectivity index (χ1) is 14.7. The second-order valence-corrected chi connectivity index (χ2v) is 8.82. The molecule has 11 heteroatoms. The standard InChI is InChI=1S/C20H17BrN2O7S/c1-11(2)10-29-18(24)9-22-19(25)17(31-20(22)26)8-13-4-6-16(30-13)14-5-3-12(23(27)28)7-15(14)21/h3-8,11H,9-10H2,1-2H3/b17-8+. The molecule has 1 aromatic carbocycles. The minimum atomic E-state index is -0.652. The number of nitrogens with zero attached hydrogens (tertiary/aromatic N) is 2. The topological polar surface area (TPSA) is 120 Å². The van der Waals surface area contributed by atoms with Gasteiger partial charge in [0.15, 0.2) is 0 Å². The fourth-order valence-corrected chi connectivity index (χ4v) is 3.97. The number of carbonyl (C=O) groups is 3. The fraction of sp³-hybridized carbons (Fsp3) is 0.250. The van der Waals surface area contributed by atoms with E-state index in [2.05, 4.69) is 15.9 Å². The van der Waals surface area contributed by atoms with Crippen molar-refractivity contribution >= 4 is 56.6 Å². The molecule has 0 radical (unpaired) electrons. The second-order valence-electron chi connectivity index (χ2n) is 6.97. The number of hydrogen-bond acceptors (Lipinski definition) is 8. The first kappa shape index (κ1) is 22.8. The Kier molecular flexibility index (Phi) is 6.96. The van der Waals surface area contributed by atoms with Crippen molar-refractivity contribution < 1.29 is 28.5 Å². The quantitative estimate of drug-likeness (QED) is 0.225. The highest BCUT2D eigenvalue weighted by molar-refractivity contribution is 9.10. The zero-order valence-corrected chi connectivity index (χ0v) is 18.9. The molecule has 31 heavy (non-hydrogen) atoms. The zero-order chi connectivity index (χ0) is 22.7. The van der Waals surface area contributed by atoms with E-state index in [4.69, 9.17) is 9.15 Å². The van der Waals surface area contributed by atoms with E-state index < -0.39 is 28.6 Å². The van der Waals surface area contributed by atoms with Crippen LogP contribution in [0.2, 0.25) is 0 Å². The summed E-state index contributed by atoms with van der Waals surface area (Å²) in [6.07, 6.45) is 1.41. The van der Waals surface area contributed by atoms with Crippen LogP contribution in [0.15, 0.2) is 44.1 Å². The summed E-state index contributed by atoms with van der Waals surface area (Å²) in [5.41, 5.74) is 0.522. The Balaban J connectivity index is 1.74. The van der Waals surface area contributed by atoms with Gasteiger partial charge in [0.2, 0.25) is 0 Å². The third-order valence-corrected chi connectivity index (χ3v) is 5.63. The number of hydrogen-bond donors (Lipinski definition) is 0. The monoisotopic (exact) mass is 508 g/mol. The molecule has 0 bridgehead atoms. The van der Waals surface area contributed by atoms with E-state index in [-0.39, 0.29) is 23.1 Å². The van der Waals surface area contributed by atoms with Gasteiger partial charge in [0.05, 0.1) is 16.4 Å². The van der Waals surface area contributed by atoms with Gasteiger partial charge in [-0.15, -0.1) is 0 Å². The van der Waals surface area contributed by atoms with E-state index in [1.807, 2.05) is 13.8 Å². The van der Waals surface area contributed by atoms with Crippen LogP contribution in [-0.4, -0.2) is 40.1 Å². The van der Waals surface area contributed by atoms with Gasteiger partial charge in [-0.05, 0) is 51.8 Å². The minimum absolute atomic E-state index is 0.0667. The molecular weight excluding hydrogens is 492 g/mol. The van der Waals surface area contributed by atoms with Crippen LogP contribution >= 0.6 is 27.7 Å². The smallest absolute Gasteiger partial charge is 0.326 e. The number of nitro benzene ring substituents is 1. The lowest BCUT2D eigenvalue weighted by Gasteiger charge is -2.12. The van der Waals surface area contributed by atoms with Crippen molar-refractivity contribution in [3.8, 4) is 11.3 Å². The maximum atomic E-state index is 12.5. The Morgan fingerprint density at radius 2 is 2.06 bits per heavy atom. The Labute approximate surface area is 189 Å². The van der Waals surface area contributed by atoms with E-state index in [0.29, 0.717) is 33.3 Å². The number of amides is 2. The van der Waals surface area contributed by atoms with Gasteiger partial charge in [-0.25, -0.2) is 0 Å². The molecule has 162 valence electrons. The van der Waals surface area contributed by atoms with Crippen molar-refractivity contribution in [1.82, 2.24) is 4.90 Å². The van der Waals surface area contributed by atoms with Crippen molar-refractivity contribution in [3.63, 3.8) is 0 Å². The van der Waals surface area contributed by atoms with E-state index >= 15 is 0 Å². The van der Waals surface area contributed by atoms with Crippen molar-refractivity contribution in [2.24, 2.45) is 5.92 Å². The summed E-state index contributed by atoms with van der Waals surface area (Å²) in [7, 11) is 0. The highest BCUT2D eigenvalue weighted by atomic mass is 79.9. The summed E-state index contributed by atoms with van der Waals surface area (Å²) in [4.78, 5) is 47.8. The molecule has 0 unspecified atom stereocenters. The van der Waals surface area contributed by atoms with Crippen molar-refractivity contribution in [2.45, 2.75) is 13.8 Å². The van der Waals surface area contributed by atoms with Gasteiger partial charge < -0.3 is 9.15 Å². The number of ether oxygens (including phenoxy) is 1. The third kappa shape index (κ3) is 5.42. The SMILES string of the molecule is CC(C)COC(=O)CN1C(=O)S/C(=C/c2ccc(-c3ccc([N+](=O)[O-])cc3Br)o2)C1=O. The van der Waals surface area contributed by atoms with Crippen LogP contribution in [0, 0.1) is 16.0 Å². The number of non-ortho nitro benzene ring substituents is 1. The number of benzene rings is 1. The van der Waals surface area contributed by atoms with Gasteiger partial charge in [0, 0.05) is 28.2 Å². The van der Waals surface area contributed by atoms with Gasteiger partial charge in [0.1, 0.15) is 18.1 Å². The maximum Gasteiger partial charge on any atom is 0.326 e. The summed E-state index contributed by atoms with van der Waals surface area (Å²) in [5.74, 6) is -0.383. The normalized spacial score (nSPS) is 15.2. The molecule has 9 nitrogen and oxygen atoms in total. The minimum Gasteiger partial charge on any atom is -0.464 e. The first-order valence-corrected chi connectivity index (χ1v) is 10.7. The zero-order valence-electron chi connectivity index (χ0n) is 16.5. The number of nitro groups is 1. The average molecular weight is 509 g/mol. The summed E-state index contributed by atoms with van der Waals surface area (Å²) >= 11 is 3.99. The van der Waals surface area contributed by atoms with E-state index in [1.54, 1.807) is 18.2 Å². The molecule has 0 aliphatic carbocycles. The van der Waals surface area contributed by atoms with E-state index in [1.165, 1.54) is 18.2 Å². The number of esters is 1. The van der Waals surface area contributed by atoms with Gasteiger partial charge >= 0.3 is 5.97 Å². The highest BCUT2D eigenvalue weighted by Gasteiger charge is 2.37. The summed E-state index contributed by atoms with van der Waals surface area (Å²) in [6.45, 7) is 3.51. The predicted molar refractivity (Wildman–Crippen MR) is 117 cm³/mol. The molecule has 1 aliphatic rings. The van der Waals surface area contributed by atoms with Gasteiger partial charge in [-0.2, -0.15) is 0 Å². The lowest BCUT2D eigenvalue weighted by atomic mass is 10.1. The maximum absolute atomic E-state index is 12.5. The Bertz CT molecular complexity index is 1090. The molecule has 2 heterocycles. The number of rotatable bonds is 7. The lowest BCUT2D eigenvalue weighted by molar-refractivity contribution is -0.384. The molecule has 0 spiro atoms. The Morgan fingerprint density at radius 1 is 1.32 bits per heavy atom. The number of imide groups is 1. The fourth-order valence-electron chi connectivity index (χ4n) is 2.59. The molecule has 1 aliphatic heterocycles. The third-order valence-electron chi connectivity index (χ3n) is 4.07. The average Bonchev–Trinajstić information content (AvgIpc) is 3.26. The van der Waals surface area contributed by atoms with Crippen molar-refractivity contribution in [3.05, 3.63) is 55.6 Å². The van der Waals surface area contributed by atoms with E-state index in [9.17, 15) is 24.5 Å². The Morgan fingerprint density at radius 3 is 2.71 bits per heavy atom. The molecule has 1 aromatic heterocycles. The van der Waals surface area contributed by atoms with Crippen molar-refractivity contribution in [1.29, 1.82) is 0 Å². The number of halogens is 1. The molecule has 0 saturated carbocycles. The molecule has 1 saturated heterocycles. The first-order valence-electron chi connectivity index (χ1n) is 9.11. The number of thioether (sulfide) groups is 1. The van der Waals surface area contributed by atoms with Crippen LogP contribution in [0.5, 0.6) is 0 Å². The predicted octanol–water partition coefficient (Wildman–Crippen LogP) is 4.85. The summed E-state index contributed by atoms with van der Waals surface area (Å²) in [5, 5.41) is 10.3. The molecule has 0 N–H and O–H groups in total. The van der Waals surface area contributed by atoms with Crippen molar-refractivity contribution in [2.75, 3.05) is 13.2 Å². The molecule has 3 rings (SSSR count). The molecular formula is C20H17BrN2O7S. The van der Waals surface area contributed by atoms with Crippen LogP contribution in [0.25, 0.3) is 17.4 Å². The molecule has 2 amide bonds. The summed E-state index contributed by atoms with van der Waals surface area (Å²) < 4.78 is 11.2. The van der Waals surface area contributed by atoms with Crippen LogP contribution in [0.3, 0.4) is 0 Å². The molecule has 2 aromatic rings. The van der Waals surface area contributed by atoms with Crippen LogP contribution in [0.4, 0.5) is 10.5 Å². The van der Waals surface area contributed by atoms with Crippen LogP contribution < -0.4 is 0 Å². The van der Waals surface area contributed by atoms with E-state index in [0.717, 1.165) is 4.90 Å². The summed E-state index contributed by atoms with van der Waals surface area (Å²) in [6, 6.07) is 7.51.